The lowest BCUT2D eigenvalue weighted by molar-refractivity contribution is -0.0259. The first kappa shape index (κ1) is 5.62. The molecule has 0 amide bonds. The Hall–Kier alpha value is -1.26. The quantitative estimate of drug-likeness (QED) is 0.905. The van der Waals surface area contributed by atoms with E-state index in [1.165, 1.54) is 0 Å². The van der Waals surface area contributed by atoms with Gasteiger partial charge in [-0.25, -0.2) is 0 Å². The van der Waals surface area contributed by atoms with Crippen LogP contribution in [0, 0.1) is 11.3 Å². The number of benzene rings is 1. The molecular formula is C20H31NO3. The SMILES string of the molecule is [2H]C([2H])([2H])Oc1cc2c(cc1OC([2H])([2H])[2H])C1([2H])N(CC2)CC([2H])(C([2H])([2H])C(C)(C([2H])([2H])[2H])C([2H])([2H])[2H])C([2H])(O)C1([2H])[2H]. The molecule has 3 unspecified atom stereocenters. The summed E-state index contributed by atoms with van der Waals surface area (Å²) < 4.78 is 164. The van der Waals surface area contributed by atoms with Gasteiger partial charge in [-0.05, 0) is 53.7 Å². The minimum atomic E-state index is -4.02. The Kier molecular flexibility index (Phi) is 1.54. The van der Waals surface area contributed by atoms with Gasteiger partial charge in [0.15, 0.2) is 11.5 Å². The fraction of sp³-hybridized carbons (Fsp3) is 0.700. The summed E-state index contributed by atoms with van der Waals surface area (Å²) >= 11 is 0. The highest BCUT2D eigenvalue weighted by molar-refractivity contribution is 5.49. The van der Waals surface area contributed by atoms with E-state index in [0.29, 0.717) is 6.92 Å². The van der Waals surface area contributed by atoms with Crippen molar-refractivity contribution >= 4 is 0 Å². The van der Waals surface area contributed by atoms with Gasteiger partial charge < -0.3 is 14.6 Å². The van der Waals surface area contributed by atoms with E-state index in [1.54, 1.807) is 0 Å². The molecule has 1 N–H and O–H groups in total. The minimum absolute atomic E-state index is 0.0124. The maximum Gasteiger partial charge on any atom is 0.161 e. The average Bonchev–Trinajstić information content (AvgIpc) is 2.76. The summed E-state index contributed by atoms with van der Waals surface area (Å²) in [5.74, 6) is -4.91. The van der Waals surface area contributed by atoms with Crippen LogP contribution < -0.4 is 9.47 Å². The molecule has 0 spiro atoms. The zero-order valence-corrected chi connectivity index (χ0v) is 13.0. The molecule has 0 saturated carbocycles. The van der Waals surface area contributed by atoms with Gasteiger partial charge in [0.2, 0.25) is 0 Å². The van der Waals surface area contributed by atoms with Crippen LogP contribution in [-0.4, -0.2) is 43.3 Å². The fourth-order valence-corrected chi connectivity index (χ4v) is 2.88. The topological polar surface area (TPSA) is 41.9 Å². The molecule has 2 aliphatic rings. The Balaban J connectivity index is 2.33. The van der Waals surface area contributed by atoms with E-state index in [1.807, 2.05) is 0 Å². The molecule has 1 aromatic rings. The van der Waals surface area contributed by atoms with Crippen LogP contribution >= 0.6 is 0 Å². The van der Waals surface area contributed by atoms with Gasteiger partial charge in [-0.15, -0.1) is 0 Å². The fourth-order valence-electron chi connectivity index (χ4n) is 2.88. The van der Waals surface area contributed by atoms with Crippen molar-refractivity contribution in [2.45, 2.75) is 51.9 Å². The van der Waals surface area contributed by atoms with Gasteiger partial charge in [0, 0.05) is 34.2 Å². The van der Waals surface area contributed by atoms with E-state index in [0.717, 1.165) is 17.0 Å². The highest BCUT2D eigenvalue weighted by Gasteiger charge is 2.39. The predicted molar refractivity (Wildman–Crippen MR) is 95.7 cm³/mol. The van der Waals surface area contributed by atoms with E-state index in [9.17, 15) is 6.48 Å². The van der Waals surface area contributed by atoms with Crippen LogP contribution in [-0.2, 0) is 6.42 Å². The summed E-state index contributed by atoms with van der Waals surface area (Å²) in [5.41, 5.74) is -3.85. The molecule has 2 heterocycles. The van der Waals surface area contributed by atoms with E-state index in [-0.39, 0.29) is 12.0 Å². The summed E-state index contributed by atoms with van der Waals surface area (Å²) in [4.78, 5) is 0.825. The van der Waals surface area contributed by atoms with E-state index in [4.69, 9.17) is 34.1 Å². The molecule has 4 nitrogen and oxygen atoms in total. The van der Waals surface area contributed by atoms with Crippen LogP contribution in [0.2, 0.25) is 0 Å². The molecule has 2 aliphatic heterocycles. The highest BCUT2D eigenvalue weighted by Crippen LogP contribution is 2.44. The van der Waals surface area contributed by atoms with Crippen LogP contribution in [0.5, 0.6) is 11.5 Å². The third-order valence-electron chi connectivity index (χ3n) is 3.88. The second kappa shape index (κ2) is 6.57. The molecule has 0 bridgehead atoms. The summed E-state index contributed by atoms with van der Waals surface area (Å²) in [6, 6.07) is -1.13. The van der Waals surface area contributed by atoms with Crippen molar-refractivity contribution in [3.05, 3.63) is 23.3 Å². The summed E-state index contributed by atoms with van der Waals surface area (Å²) in [6.07, 6.45) is -11.7. The predicted octanol–water partition coefficient (Wildman–Crippen LogP) is 3.42. The number of fused-ring (bicyclic) bond motifs is 3. The normalized spacial score (nSPS) is 53.0. The van der Waals surface area contributed by atoms with E-state index < -0.39 is 94.1 Å². The lowest BCUT2D eigenvalue weighted by atomic mass is 9.75. The monoisotopic (exact) mass is 352 g/mol. The Morgan fingerprint density at radius 3 is 2.88 bits per heavy atom. The third-order valence-corrected chi connectivity index (χ3v) is 3.88. The molecule has 0 radical (unpaired) electrons. The first-order valence-corrected chi connectivity index (χ1v) is 7.26. The lowest BCUT2D eigenvalue weighted by Gasteiger charge is -2.47. The first-order valence-electron chi connectivity index (χ1n) is 16.8. The second-order valence-electron chi connectivity index (χ2n) is 5.88. The van der Waals surface area contributed by atoms with Crippen LogP contribution in [0.3, 0.4) is 0 Å². The number of methoxy groups -OCH3 is 2. The lowest BCUT2D eigenvalue weighted by Crippen LogP contribution is -2.48. The summed E-state index contributed by atoms with van der Waals surface area (Å²) in [5, 5.41) is 11.5. The number of hydrogen-bond donors (Lipinski definition) is 1. The van der Waals surface area contributed by atoms with Crippen LogP contribution in [0.15, 0.2) is 12.1 Å². The minimum Gasteiger partial charge on any atom is -0.493 e. The number of ether oxygens (including phenoxy) is 2. The van der Waals surface area contributed by atoms with Crippen LogP contribution in [0.1, 0.15) is 76.6 Å². The second-order valence-corrected chi connectivity index (χ2v) is 5.88. The molecule has 134 valence electrons. The Bertz CT molecular complexity index is 1240. The van der Waals surface area contributed by atoms with Gasteiger partial charge in [-0.1, -0.05) is 20.6 Å². The molecular weight excluding hydrogens is 302 g/mol. The Morgan fingerprint density at radius 1 is 1.42 bits per heavy atom. The number of aliphatic hydroxyl groups is 1. The molecule has 0 aromatic heterocycles. The highest BCUT2D eigenvalue weighted by atomic mass is 16.5. The average molecular weight is 353 g/mol. The van der Waals surface area contributed by atoms with Crippen molar-refractivity contribution in [1.82, 2.24) is 4.90 Å². The van der Waals surface area contributed by atoms with Gasteiger partial charge in [-0.3, -0.25) is 4.90 Å². The van der Waals surface area contributed by atoms with E-state index >= 15 is 0 Å². The van der Waals surface area contributed by atoms with Gasteiger partial charge in [0.05, 0.1) is 31.1 Å². The molecule has 4 heteroatoms. The van der Waals surface area contributed by atoms with Gasteiger partial charge in [-0.2, -0.15) is 0 Å². The zero-order valence-electron chi connectivity index (χ0n) is 32.0. The number of hydrogen-bond acceptors (Lipinski definition) is 4. The molecule has 1 saturated heterocycles. The van der Waals surface area contributed by atoms with Crippen molar-refractivity contribution in [2.24, 2.45) is 11.3 Å². The maximum absolute atomic E-state index is 11.5. The van der Waals surface area contributed by atoms with Crippen LogP contribution in [0.25, 0.3) is 0 Å². The van der Waals surface area contributed by atoms with E-state index in [2.05, 4.69) is 0 Å². The summed E-state index contributed by atoms with van der Waals surface area (Å²) in [7, 11) is -6.27. The van der Waals surface area contributed by atoms with Crippen molar-refractivity contribution in [3.8, 4) is 11.5 Å². The molecule has 3 rings (SSSR count). The van der Waals surface area contributed by atoms with Gasteiger partial charge in [0.25, 0.3) is 0 Å². The zero-order chi connectivity index (χ0) is 33.8. The van der Waals surface area contributed by atoms with Crippen LogP contribution in [0.4, 0.5) is 0 Å². The molecule has 3 atom stereocenters. The Labute approximate surface area is 172 Å². The smallest absolute Gasteiger partial charge is 0.161 e. The number of rotatable bonds is 3. The molecule has 0 aliphatic carbocycles. The third kappa shape index (κ3) is 3.40. The number of nitrogens with zero attached hydrogens (tertiary/aromatic N) is 1. The van der Waals surface area contributed by atoms with Gasteiger partial charge in [0.1, 0.15) is 0 Å². The van der Waals surface area contributed by atoms with Crippen molar-refractivity contribution in [3.63, 3.8) is 0 Å². The van der Waals surface area contributed by atoms with Crippen molar-refractivity contribution < 1.29 is 40.6 Å². The maximum atomic E-state index is 11.5. The largest absolute Gasteiger partial charge is 0.493 e. The standard InChI is InChI=1S/C20H31NO3/c1-20(2,3)11-14-12-21-7-6-13-8-18(23-4)19(24-5)9-15(13)16(21)10-17(14)22/h8-9,14,16-17,22H,6-7,10-12H2,1-5H3/i1D3,2D3,4D3,5D3,10D2,11D2,14D,16D,17D. The summed E-state index contributed by atoms with van der Waals surface area (Å²) in [6.45, 7) is -8.40. The van der Waals surface area contributed by atoms with Crippen molar-refractivity contribution in [2.75, 3.05) is 27.2 Å². The van der Waals surface area contributed by atoms with Crippen molar-refractivity contribution in [1.29, 1.82) is 0 Å². The van der Waals surface area contributed by atoms with Gasteiger partial charge >= 0.3 is 0 Å². The molecule has 24 heavy (non-hydrogen) atoms. The first-order chi connectivity index (χ1) is 18.7. The number of piperidine rings is 1. The Morgan fingerprint density at radius 2 is 2.17 bits per heavy atom. The molecule has 1 fully saturated rings. The molecule has 1 aromatic carbocycles.